The Morgan fingerprint density at radius 3 is 2.67 bits per heavy atom. The van der Waals surface area contributed by atoms with Gasteiger partial charge in [0.25, 0.3) is 5.91 Å². The van der Waals surface area contributed by atoms with Gasteiger partial charge in [0.1, 0.15) is 12.1 Å². The number of H-pyrrole nitrogens is 1. The van der Waals surface area contributed by atoms with Crippen molar-refractivity contribution in [3.05, 3.63) is 40.2 Å². The topological polar surface area (TPSA) is 195 Å². The van der Waals surface area contributed by atoms with Gasteiger partial charge in [-0.1, -0.05) is 0 Å². The standard InChI is InChI=1S/C20H23N7O6/c21-20-24-16-15(18(31)25-20)27-9-26(8-12(27)7-22-16)11-3-1-10(2-4-11)17(30)23-13(19(32)33)5-6-14(28)29/h1-4,12-13H,5-9H2,(H,23,30)(H,28,29)(H,32,33)(H4,21,22,24,25,31)/p+1. The first kappa shape index (κ1) is 22.1. The summed E-state index contributed by atoms with van der Waals surface area (Å²) in [4.78, 5) is 56.6. The summed E-state index contributed by atoms with van der Waals surface area (Å²) in [5, 5.41) is 23.5. The lowest BCUT2D eigenvalue weighted by molar-refractivity contribution is -0.844. The first-order valence-corrected chi connectivity index (χ1v) is 10.3. The molecular weight excluding hydrogens is 434 g/mol. The third kappa shape index (κ3) is 4.57. The molecule has 1 saturated heterocycles. The summed E-state index contributed by atoms with van der Waals surface area (Å²) in [6.45, 7) is 1.82. The predicted molar refractivity (Wildman–Crippen MR) is 117 cm³/mol. The van der Waals surface area contributed by atoms with E-state index in [0.717, 1.165) is 10.6 Å². The summed E-state index contributed by atoms with van der Waals surface area (Å²) in [5.74, 6) is -2.49. The summed E-state index contributed by atoms with van der Waals surface area (Å²) in [6, 6.07) is 5.49. The number of rotatable bonds is 7. The van der Waals surface area contributed by atoms with E-state index in [-0.39, 0.29) is 36.0 Å². The maximum Gasteiger partial charge on any atom is 0.326 e. The summed E-state index contributed by atoms with van der Waals surface area (Å²) in [7, 11) is 0. The highest BCUT2D eigenvalue weighted by Gasteiger charge is 2.42. The molecule has 2 aromatic rings. The van der Waals surface area contributed by atoms with E-state index in [9.17, 15) is 24.3 Å². The van der Waals surface area contributed by atoms with Crippen molar-refractivity contribution in [3.63, 3.8) is 0 Å². The van der Waals surface area contributed by atoms with Gasteiger partial charge in [-0.15, -0.1) is 0 Å². The van der Waals surface area contributed by atoms with E-state index in [1.165, 1.54) is 0 Å². The molecule has 0 bridgehead atoms. The van der Waals surface area contributed by atoms with Crippen LogP contribution < -0.4 is 31.7 Å². The van der Waals surface area contributed by atoms with Crippen molar-refractivity contribution in [2.75, 3.05) is 35.7 Å². The summed E-state index contributed by atoms with van der Waals surface area (Å²) >= 11 is 0. The molecule has 1 fully saturated rings. The van der Waals surface area contributed by atoms with Gasteiger partial charge in [-0.25, -0.2) is 4.79 Å². The first-order chi connectivity index (χ1) is 15.7. The Bertz CT molecular complexity index is 1150. The smallest absolute Gasteiger partial charge is 0.326 e. The molecule has 3 atom stereocenters. The van der Waals surface area contributed by atoms with Crippen LogP contribution in [0.4, 0.5) is 23.1 Å². The minimum Gasteiger partial charge on any atom is -0.481 e. The van der Waals surface area contributed by atoms with Gasteiger partial charge < -0.3 is 31.5 Å². The van der Waals surface area contributed by atoms with E-state index in [1.54, 1.807) is 24.3 Å². The van der Waals surface area contributed by atoms with Gasteiger partial charge in [0.15, 0.2) is 12.5 Å². The molecule has 1 aromatic heterocycles. The van der Waals surface area contributed by atoms with Crippen LogP contribution >= 0.6 is 0 Å². The quantitative estimate of drug-likeness (QED) is 0.248. The molecule has 2 aliphatic rings. The Morgan fingerprint density at radius 2 is 2.00 bits per heavy atom. The van der Waals surface area contributed by atoms with E-state index in [2.05, 4.69) is 25.5 Å². The average Bonchev–Trinajstić information content (AvgIpc) is 3.20. The van der Waals surface area contributed by atoms with Crippen molar-refractivity contribution in [2.45, 2.75) is 24.9 Å². The van der Waals surface area contributed by atoms with Crippen molar-refractivity contribution >= 4 is 41.0 Å². The fraction of sp³-hybridized carbons (Fsp3) is 0.350. The van der Waals surface area contributed by atoms with Gasteiger partial charge in [0, 0.05) is 17.7 Å². The second-order valence-electron chi connectivity index (χ2n) is 8.00. The highest BCUT2D eigenvalue weighted by atomic mass is 16.4. The van der Waals surface area contributed by atoms with Crippen LogP contribution in [0.25, 0.3) is 0 Å². The fourth-order valence-electron chi connectivity index (χ4n) is 4.17. The minimum atomic E-state index is -1.29. The second kappa shape index (κ2) is 8.78. The molecule has 0 radical (unpaired) electrons. The molecule has 13 nitrogen and oxygen atoms in total. The number of amides is 1. The Balaban J connectivity index is 1.45. The molecule has 8 N–H and O–H groups in total. The lowest BCUT2D eigenvalue weighted by atomic mass is 10.1. The Hall–Kier alpha value is -4.13. The molecule has 174 valence electrons. The number of carboxylic acid groups (broad SMARTS) is 2. The Morgan fingerprint density at radius 1 is 1.27 bits per heavy atom. The number of nitrogens with two attached hydrogens (primary N) is 1. The number of nitrogens with one attached hydrogen (secondary N) is 4. The number of fused-ring (bicyclic) bond motifs is 3. The minimum absolute atomic E-state index is 0.0575. The molecule has 13 heteroatoms. The third-order valence-corrected chi connectivity index (χ3v) is 5.81. The van der Waals surface area contributed by atoms with Crippen LogP contribution in [0.3, 0.4) is 0 Å². The molecule has 0 aliphatic carbocycles. The Labute approximate surface area is 187 Å². The number of nitrogen functional groups attached to an aromatic ring is 1. The zero-order valence-electron chi connectivity index (χ0n) is 17.5. The number of hydrogen-bond donors (Lipinski definition) is 7. The van der Waals surface area contributed by atoms with Crippen LogP contribution in [-0.4, -0.2) is 69.9 Å². The second-order valence-corrected chi connectivity index (χ2v) is 8.00. The maximum atomic E-state index is 12.4. The number of quaternary nitrogens is 1. The van der Waals surface area contributed by atoms with Crippen LogP contribution in [0.1, 0.15) is 23.2 Å². The van der Waals surface area contributed by atoms with E-state index in [0.29, 0.717) is 31.3 Å². The average molecular weight is 458 g/mol. The molecule has 1 aromatic carbocycles. The van der Waals surface area contributed by atoms with Gasteiger partial charge in [0.2, 0.25) is 11.6 Å². The van der Waals surface area contributed by atoms with Crippen molar-refractivity contribution in [1.29, 1.82) is 0 Å². The summed E-state index contributed by atoms with van der Waals surface area (Å²) in [5.41, 5.74) is 6.97. The number of anilines is 3. The zero-order valence-corrected chi connectivity index (χ0v) is 17.5. The number of hydrogen-bond acceptors (Lipinski definition) is 8. The van der Waals surface area contributed by atoms with Gasteiger partial charge in [0.05, 0.1) is 13.1 Å². The Kier molecular flexibility index (Phi) is 5.87. The van der Waals surface area contributed by atoms with E-state index < -0.39 is 23.9 Å². The van der Waals surface area contributed by atoms with E-state index in [1.807, 2.05) is 0 Å². The van der Waals surface area contributed by atoms with Gasteiger partial charge >= 0.3 is 17.5 Å². The molecule has 2 aliphatic heterocycles. The fourth-order valence-corrected chi connectivity index (χ4v) is 4.17. The molecule has 4 rings (SSSR count). The van der Waals surface area contributed by atoms with E-state index >= 15 is 0 Å². The number of nitrogens with zero attached hydrogens (tertiary/aromatic N) is 2. The molecule has 33 heavy (non-hydrogen) atoms. The molecular formula is C20H24N7O6+. The zero-order chi connectivity index (χ0) is 23.7. The monoisotopic (exact) mass is 458 g/mol. The third-order valence-electron chi connectivity index (χ3n) is 5.81. The lowest BCUT2D eigenvalue weighted by Crippen LogP contribution is -3.12. The predicted octanol–water partition coefficient (Wildman–Crippen LogP) is -1.81. The molecule has 3 heterocycles. The van der Waals surface area contributed by atoms with Crippen LogP contribution in [-0.2, 0) is 9.59 Å². The van der Waals surface area contributed by atoms with Crippen molar-refractivity contribution in [3.8, 4) is 0 Å². The SMILES string of the molecule is Nc1nc2c(c(=O)[nH]1)[NH+]1CN(c3ccc(C(=O)NC(CCC(=O)O)C(=O)O)cc3)CC1CN2. The number of carboxylic acids is 2. The number of carbonyl (C=O) groups excluding carboxylic acids is 1. The highest BCUT2D eigenvalue weighted by Crippen LogP contribution is 2.21. The number of aromatic amines is 1. The van der Waals surface area contributed by atoms with Crippen molar-refractivity contribution in [1.82, 2.24) is 15.3 Å². The molecule has 1 amide bonds. The first-order valence-electron chi connectivity index (χ1n) is 10.3. The van der Waals surface area contributed by atoms with Crippen molar-refractivity contribution < 1.29 is 29.5 Å². The summed E-state index contributed by atoms with van der Waals surface area (Å²) < 4.78 is 0. The summed E-state index contributed by atoms with van der Waals surface area (Å²) in [6.07, 6.45) is -0.578. The van der Waals surface area contributed by atoms with E-state index in [4.69, 9.17) is 10.8 Å². The van der Waals surface area contributed by atoms with Crippen LogP contribution in [0.15, 0.2) is 29.1 Å². The number of benzene rings is 1. The number of aromatic nitrogens is 2. The highest BCUT2D eigenvalue weighted by molar-refractivity contribution is 5.97. The lowest BCUT2D eigenvalue weighted by Gasteiger charge is -2.26. The van der Waals surface area contributed by atoms with Crippen molar-refractivity contribution in [2.24, 2.45) is 0 Å². The molecule has 3 unspecified atom stereocenters. The maximum absolute atomic E-state index is 12.4. The largest absolute Gasteiger partial charge is 0.481 e. The van der Waals surface area contributed by atoms with Gasteiger partial charge in [-0.3, -0.25) is 24.3 Å². The normalized spacial score (nSPS) is 19.7. The molecule has 0 spiro atoms. The number of carbonyl (C=O) groups is 3. The van der Waals surface area contributed by atoms with Gasteiger partial charge in [-0.2, -0.15) is 4.98 Å². The number of aliphatic carboxylic acids is 2. The van der Waals surface area contributed by atoms with Gasteiger partial charge in [-0.05, 0) is 30.7 Å². The van der Waals surface area contributed by atoms with Crippen LogP contribution in [0.5, 0.6) is 0 Å². The van der Waals surface area contributed by atoms with Crippen LogP contribution in [0, 0.1) is 0 Å². The van der Waals surface area contributed by atoms with Crippen LogP contribution in [0.2, 0.25) is 0 Å². The molecule has 0 saturated carbocycles.